The Bertz CT molecular complexity index is 493. The van der Waals surface area contributed by atoms with Crippen LogP contribution in [0.5, 0.6) is 0 Å². The fourth-order valence-corrected chi connectivity index (χ4v) is 2.85. The summed E-state index contributed by atoms with van der Waals surface area (Å²) in [5.74, 6) is -0.706. The van der Waals surface area contributed by atoms with E-state index in [0.29, 0.717) is 12.4 Å². The van der Waals surface area contributed by atoms with E-state index in [1.807, 2.05) is 18.2 Å². The minimum atomic E-state index is -1.03. The predicted molar refractivity (Wildman–Crippen MR) is 97.9 cm³/mol. The van der Waals surface area contributed by atoms with Crippen molar-refractivity contribution in [2.75, 3.05) is 53.4 Å². The van der Waals surface area contributed by atoms with E-state index in [1.165, 1.54) is 14.2 Å². The first-order chi connectivity index (χ1) is 13.1. The molecule has 1 aromatic heterocycles. The molecule has 12 heteroatoms. The zero-order valence-electron chi connectivity index (χ0n) is 15.0. The fraction of sp³-hybridized carbons (Fsp3) is 0.533. The average Bonchev–Trinajstić information content (AvgIpc) is 2.66. The number of carbonyl (C=O) groups is 2. The van der Waals surface area contributed by atoms with Gasteiger partial charge in [-0.1, -0.05) is 16.9 Å². The minimum Gasteiger partial charge on any atom is -0.480 e. The zero-order chi connectivity index (χ0) is 20.2. The Balaban J connectivity index is 0.000000636. The number of carboxylic acid groups (broad SMARTS) is 1. The van der Waals surface area contributed by atoms with Crippen LogP contribution >= 0.6 is 21.6 Å². The first-order valence-electron chi connectivity index (χ1n) is 7.48. The number of nitrogens with zero attached hydrogens (tertiary/aromatic N) is 1. The third kappa shape index (κ3) is 19.2. The Morgan fingerprint density at radius 3 is 2.56 bits per heavy atom. The molecule has 0 saturated heterocycles. The summed E-state index contributed by atoms with van der Waals surface area (Å²) in [6.45, 7) is -0.156. The normalized spacial score (nSPS) is 10.0. The molecule has 0 aliphatic heterocycles. The van der Waals surface area contributed by atoms with E-state index < -0.39 is 5.97 Å². The summed E-state index contributed by atoms with van der Waals surface area (Å²) in [5.41, 5.74) is 0. The van der Waals surface area contributed by atoms with Crippen molar-refractivity contribution < 1.29 is 43.4 Å². The summed E-state index contributed by atoms with van der Waals surface area (Å²) in [6.07, 6.45) is 1.75. The van der Waals surface area contributed by atoms with Crippen LogP contribution in [0.15, 0.2) is 29.4 Å². The Labute approximate surface area is 165 Å². The quantitative estimate of drug-likeness (QED) is 0.116. The third-order valence-corrected chi connectivity index (χ3v) is 4.34. The number of hydrogen-bond acceptors (Lipinski definition) is 11. The molecule has 0 spiro atoms. The number of rotatable bonds is 14. The maximum atomic E-state index is 11.1. The van der Waals surface area contributed by atoms with Crippen molar-refractivity contribution in [3.8, 4) is 0 Å². The van der Waals surface area contributed by atoms with Crippen molar-refractivity contribution in [1.29, 1.82) is 0 Å². The van der Waals surface area contributed by atoms with Gasteiger partial charge in [-0.05, 0) is 22.9 Å². The molecule has 0 unspecified atom stereocenters. The molecule has 0 aromatic carbocycles. The van der Waals surface area contributed by atoms with Crippen LogP contribution in [0.25, 0.3) is 0 Å². The number of aromatic nitrogens is 1. The smallest absolute Gasteiger partial charge is 0.332 e. The molecule has 1 aromatic rings. The van der Waals surface area contributed by atoms with Crippen LogP contribution in [0, 0.1) is 0 Å². The topological polar surface area (TPSA) is 123 Å². The average molecular weight is 425 g/mol. The summed E-state index contributed by atoms with van der Waals surface area (Å²) < 4.78 is 18.8. The molecule has 0 radical (unpaired) electrons. The first kappa shape index (κ1) is 25.6. The number of hydrogen-bond donors (Lipinski definition) is 1. The molecule has 1 N–H and O–H groups in total. The van der Waals surface area contributed by atoms with Crippen molar-refractivity contribution >= 4 is 33.5 Å². The fourth-order valence-electron chi connectivity index (χ4n) is 1.15. The molecule has 27 heavy (non-hydrogen) atoms. The molecule has 1 heterocycles. The molecule has 10 nitrogen and oxygen atoms in total. The first-order valence-corrected chi connectivity index (χ1v) is 9.80. The summed E-state index contributed by atoms with van der Waals surface area (Å²) in [5, 5.41) is 8.93. The molecular weight excluding hydrogens is 402 g/mol. The molecule has 0 saturated carbocycles. The van der Waals surface area contributed by atoms with Gasteiger partial charge in [0.2, 0.25) is 0 Å². The Morgan fingerprint density at radius 1 is 1.15 bits per heavy atom. The Kier molecular flexibility index (Phi) is 18.3. The standard InChI is InChI=1S/C11H15NO4S2.C4H8O5/c1-14-9-15-8-11(13)16-6-7-17-18-10-4-2-3-5-12-10;1-7-9-3-8-2-4(5)6/h2-5H,6-9H2,1H3;2-3H2,1H3,(H,5,6). The van der Waals surface area contributed by atoms with Crippen LogP contribution in [0.3, 0.4) is 0 Å². The van der Waals surface area contributed by atoms with E-state index in [1.54, 1.807) is 27.8 Å². The van der Waals surface area contributed by atoms with Gasteiger partial charge in [0.1, 0.15) is 31.6 Å². The lowest BCUT2D eigenvalue weighted by Crippen LogP contribution is -2.15. The van der Waals surface area contributed by atoms with Crippen molar-refractivity contribution in [3.05, 3.63) is 24.4 Å². The molecule has 1 rings (SSSR count). The second kappa shape index (κ2) is 19.4. The van der Waals surface area contributed by atoms with Gasteiger partial charge in [0.05, 0.1) is 7.11 Å². The maximum Gasteiger partial charge on any atom is 0.332 e. The van der Waals surface area contributed by atoms with Gasteiger partial charge in [0.15, 0.2) is 6.79 Å². The van der Waals surface area contributed by atoms with Crippen LogP contribution < -0.4 is 0 Å². The van der Waals surface area contributed by atoms with Gasteiger partial charge >= 0.3 is 11.9 Å². The second-order valence-corrected chi connectivity index (χ2v) is 6.63. The van der Waals surface area contributed by atoms with E-state index in [0.717, 1.165) is 5.03 Å². The van der Waals surface area contributed by atoms with Crippen molar-refractivity contribution in [2.45, 2.75) is 5.03 Å². The predicted octanol–water partition coefficient (Wildman–Crippen LogP) is 1.61. The van der Waals surface area contributed by atoms with Crippen LogP contribution in [0.4, 0.5) is 0 Å². The van der Waals surface area contributed by atoms with Crippen LogP contribution in [-0.2, 0) is 38.3 Å². The second-order valence-electron chi connectivity index (χ2n) is 4.19. The SMILES string of the molecule is COCOCC(=O)OCCSSc1ccccn1.COOCOCC(=O)O. The number of methoxy groups -OCH3 is 1. The number of esters is 1. The van der Waals surface area contributed by atoms with E-state index in [9.17, 15) is 9.59 Å². The molecule has 0 bridgehead atoms. The van der Waals surface area contributed by atoms with E-state index in [-0.39, 0.29) is 32.8 Å². The Morgan fingerprint density at radius 2 is 1.93 bits per heavy atom. The summed E-state index contributed by atoms with van der Waals surface area (Å²) >= 11 is 0. The van der Waals surface area contributed by atoms with E-state index in [2.05, 4.69) is 24.2 Å². The maximum absolute atomic E-state index is 11.1. The lowest BCUT2D eigenvalue weighted by atomic mass is 10.5. The molecule has 0 aliphatic carbocycles. The summed E-state index contributed by atoms with van der Waals surface area (Å²) in [6, 6.07) is 5.74. The van der Waals surface area contributed by atoms with Gasteiger partial charge in [-0.25, -0.2) is 24.3 Å². The van der Waals surface area contributed by atoms with Crippen molar-refractivity contribution in [2.24, 2.45) is 0 Å². The number of ether oxygens (including phenoxy) is 4. The van der Waals surface area contributed by atoms with Crippen LogP contribution in [0.1, 0.15) is 0 Å². The van der Waals surface area contributed by atoms with Gasteiger partial charge in [-0.2, -0.15) is 0 Å². The van der Waals surface area contributed by atoms with Crippen molar-refractivity contribution in [3.63, 3.8) is 0 Å². The number of pyridine rings is 1. The van der Waals surface area contributed by atoms with Gasteiger partial charge in [0.25, 0.3) is 0 Å². The Hall–Kier alpha value is -1.41. The lowest BCUT2D eigenvalue weighted by Gasteiger charge is -2.04. The van der Waals surface area contributed by atoms with Crippen LogP contribution in [0.2, 0.25) is 0 Å². The van der Waals surface area contributed by atoms with E-state index in [4.69, 9.17) is 14.6 Å². The molecular formula is C15H23NO9S2. The van der Waals surface area contributed by atoms with Gasteiger partial charge in [-0.3, -0.25) is 0 Å². The van der Waals surface area contributed by atoms with Gasteiger partial charge < -0.3 is 24.1 Å². The molecule has 0 amide bonds. The summed E-state index contributed by atoms with van der Waals surface area (Å²) in [4.78, 5) is 33.3. The molecule has 0 fully saturated rings. The third-order valence-electron chi connectivity index (χ3n) is 2.11. The molecule has 0 atom stereocenters. The van der Waals surface area contributed by atoms with Crippen LogP contribution in [-0.4, -0.2) is 75.4 Å². The highest BCUT2D eigenvalue weighted by atomic mass is 33.1. The largest absolute Gasteiger partial charge is 0.480 e. The number of carboxylic acids is 1. The lowest BCUT2D eigenvalue weighted by molar-refractivity contribution is -0.317. The van der Waals surface area contributed by atoms with Crippen molar-refractivity contribution in [1.82, 2.24) is 4.98 Å². The minimum absolute atomic E-state index is 0.0775. The highest BCUT2D eigenvalue weighted by Gasteiger charge is 2.02. The van der Waals surface area contributed by atoms with Gasteiger partial charge in [-0.15, -0.1) is 0 Å². The zero-order valence-corrected chi connectivity index (χ0v) is 16.7. The number of carbonyl (C=O) groups excluding carboxylic acids is 1. The van der Waals surface area contributed by atoms with Gasteiger partial charge in [0, 0.05) is 19.1 Å². The molecule has 154 valence electrons. The highest BCUT2D eigenvalue weighted by molar-refractivity contribution is 8.76. The molecule has 0 aliphatic rings. The summed E-state index contributed by atoms with van der Waals surface area (Å²) in [7, 11) is 5.95. The monoisotopic (exact) mass is 425 g/mol. The van der Waals surface area contributed by atoms with E-state index >= 15 is 0 Å². The highest BCUT2D eigenvalue weighted by Crippen LogP contribution is 2.28. The number of aliphatic carboxylic acids is 1.